The summed E-state index contributed by atoms with van der Waals surface area (Å²) in [6.07, 6.45) is 1.13. The molecule has 1 unspecified atom stereocenters. The highest BCUT2D eigenvalue weighted by Crippen LogP contribution is 2.13. The molecule has 6 heteroatoms. The Balaban J connectivity index is 0.00000256. The second-order valence-electron chi connectivity index (χ2n) is 4.03. The average molecular weight is 374 g/mol. The van der Waals surface area contributed by atoms with Gasteiger partial charge in [0.2, 0.25) is 0 Å². The van der Waals surface area contributed by atoms with E-state index in [2.05, 4.69) is 21.8 Å². The van der Waals surface area contributed by atoms with Gasteiger partial charge < -0.3 is 15.0 Å². The third-order valence-corrected chi connectivity index (χ3v) is 2.70. The second kappa shape index (κ2) is 8.99. The van der Waals surface area contributed by atoms with E-state index in [1.54, 1.807) is 7.05 Å². The Hall–Kier alpha value is -0.0100. The van der Waals surface area contributed by atoms with E-state index in [0.29, 0.717) is 17.5 Å². The van der Waals surface area contributed by atoms with Crippen LogP contribution in [-0.4, -0.2) is 51.3 Å². The van der Waals surface area contributed by atoms with Crippen LogP contribution in [0.3, 0.4) is 0 Å². The van der Waals surface area contributed by atoms with Gasteiger partial charge in [-0.25, -0.2) is 0 Å². The van der Waals surface area contributed by atoms with Crippen LogP contribution in [0.25, 0.3) is 0 Å². The van der Waals surface area contributed by atoms with Crippen LogP contribution in [0.5, 0.6) is 0 Å². The number of nitrogens with one attached hydrogen (secondary N) is 1. The Kier molecular flexibility index (Phi) is 8.99. The number of halogens is 2. The van der Waals surface area contributed by atoms with Crippen molar-refractivity contribution in [2.45, 2.75) is 6.42 Å². The summed E-state index contributed by atoms with van der Waals surface area (Å²) in [4.78, 5) is 6.29. The Morgan fingerprint density at radius 2 is 2.35 bits per heavy atom. The van der Waals surface area contributed by atoms with Crippen molar-refractivity contribution in [2.75, 3.05) is 40.4 Å². The molecule has 1 fully saturated rings. The van der Waals surface area contributed by atoms with E-state index in [1.807, 2.05) is 7.05 Å². The third-order valence-electron chi connectivity index (χ3n) is 2.57. The summed E-state index contributed by atoms with van der Waals surface area (Å²) in [7, 11) is 3.78. The van der Waals surface area contributed by atoms with E-state index >= 15 is 0 Å². The molecule has 17 heavy (non-hydrogen) atoms. The van der Waals surface area contributed by atoms with Crippen LogP contribution in [0.2, 0.25) is 0 Å². The lowest BCUT2D eigenvalue weighted by Gasteiger charge is -2.24. The van der Waals surface area contributed by atoms with E-state index in [1.165, 1.54) is 0 Å². The maximum absolute atomic E-state index is 5.70. The molecular weight excluding hydrogens is 352 g/mol. The minimum absolute atomic E-state index is 0. The Bertz CT molecular complexity index is 267. The number of hydrogen-bond donors (Lipinski definition) is 1. The first-order valence-corrected chi connectivity index (χ1v) is 5.84. The van der Waals surface area contributed by atoms with Crippen molar-refractivity contribution in [1.82, 2.24) is 10.2 Å². The average Bonchev–Trinajstić information content (AvgIpc) is 2.71. The van der Waals surface area contributed by atoms with Crippen molar-refractivity contribution in [3.05, 3.63) is 11.6 Å². The number of ether oxygens (including phenoxy) is 1. The van der Waals surface area contributed by atoms with Crippen molar-refractivity contribution < 1.29 is 4.74 Å². The Morgan fingerprint density at radius 1 is 1.65 bits per heavy atom. The van der Waals surface area contributed by atoms with Gasteiger partial charge >= 0.3 is 0 Å². The van der Waals surface area contributed by atoms with Crippen LogP contribution >= 0.6 is 35.6 Å². The SMILES string of the molecule is C=C(Cl)CNC(=NC)N(C)CC1CCOC1.I. The molecule has 1 aliphatic rings. The molecule has 0 radical (unpaired) electrons. The van der Waals surface area contributed by atoms with Crippen LogP contribution in [0.4, 0.5) is 0 Å². The number of guanidine groups is 1. The zero-order valence-electron chi connectivity index (χ0n) is 10.4. The lowest BCUT2D eigenvalue weighted by molar-refractivity contribution is 0.181. The van der Waals surface area contributed by atoms with Crippen LogP contribution < -0.4 is 5.32 Å². The van der Waals surface area contributed by atoms with Gasteiger partial charge in [-0.1, -0.05) is 18.2 Å². The first kappa shape index (κ1) is 17.0. The lowest BCUT2D eigenvalue weighted by atomic mass is 10.1. The predicted molar refractivity (Wildman–Crippen MR) is 83.3 cm³/mol. The molecule has 1 saturated heterocycles. The van der Waals surface area contributed by atoms with E-state index in [-0.39, 0.29) is 24.0 Å². The quantitative estimate of drug-likeness (QED) is 0.465. The molecule has 4 nitrogen and oxygen atoms in total. The molecule has 0 bridgehead atoms. The fourth-order valence-corrected chi connectivity index (χ4v) is 1.83. The zero-order chi connectivity index (χ0) is 12.0. The zero-order valence-corrected chi connectivity index (χ0v) is 13.5. The summed E-state index contributed by atoms with van der Waals surface area (Å²) in [5.41, 5.74) is 0. The van der Waals surface area contributed by atoms with Crippen LogP contribution in [-0.2, 0) is 4.74 Å². The highest BCUT2D eigenvalue weighted by Gasteiger charge is 2.18. The fourth-order valence-electron chi connectivity index (χ4n) is 1.76. The van der Waals surface area contributed by atoms with Crippen molar-refractivity contribution in [1.29, 1.82) is 0 Å². The smallest absolute Gasteiger partial charge is 0.193 e. The van der Waals surface area contributed by atoms with Gasteiger partial charge in [-0.2, -0.15) is 0 Å². The molecule has 1 aliphatic heterocycles. The van der Waals surface area contributed by atoms with Gasteiger partial charge in [-0.3, -0.25) is 4.99 Å². The number of hydrogen-bond acceptors (Lipinski definition) is 2. The molecule has 100 valence electrons. The van der Waals surface area contributed by atoms with Gasteiger partial charge in [0.1, 0.15) is 0 Å². The molecule has 1 N–H and O–H groups in total. The first-order valence-electron chi connectivity index (χ1n) is 5.46. The molecule has 1 atom stereocenters. The monoisotopic (exact) mass is 373 g/mol. The summed E-state index contributed by atoms with van der Waals surface area (Å²) in [6.45, 7) is 6.86. The molecular formula is C11H21ClIN3O. The Morgan fingerprint density at radius 3 is 2.82 bits per heavy atom. The van der Waals surface area contributed by atoms with Gasteiger partial charge in [0.15, 0.2) is 5.96 Å². The van der Waals surface area contributed by atoms with E-state index in [0.717, 1.165) is 32.1 Å². The van der Waals surface area contributed by atoms with Gasteiger partial charge in [0.25, 0.3) is 0 Å². The fraction of sp³-hybridized carbons (Fsp3) is 0.727. The van der Waals surface area contributed by atoms with Gasteiger partial charge in [-0.15, -0.1) is 24.0 Å². The van der Waals surface area contributed by atoms with Gasteiger partial charge in [-0.05, 0) is 6.42 Å². The van der Waals surface area contributed by atoms with Gasteiger partial charge in [0.05, 0.1) is 13.2 Å². The number of nitrogens with zero attached hydrogens (tertiary/aromatic N) is 2. The molecule has 0 amide bonds. The van der Waals surface area contributed by atoms with Crippen molar-refractivity contribution in [2.24, 2.45) is 10.9 Å². The Labute approximate surface area is 125 Å². The maximum atomic E-state index is 5.70. The molecule has 0 aliphatic carbocycles. The highest BCUT2D eigenvalue weighted by molar-refractivity contribution is 14.0. The normalized spacial score (nSPS) is 19.7. The summed E-state index contributed by atoms with van der Waals surface area (Å²) in [5, 5.41) is 3.73. The summed E-state index contributed by atoms with van der Waals surface area (Å²) < 4.78 is 5.35. The molecule has 0 aromatic rings. The van der Waals surface area contributed by atoms with Crippen molar-refractivity contribution >= 4 is 41.5 Å². The van der Waals surface area contributed by atoms with E-state index in [9.17, 15) is 0 Å². The van der Waals surface area contributed by atoms with Crippen molar-refractivity contribution in [3.8, 4) is 0 Å². The largest absolute Gasteiger partial charge is 0.381 e. The summed E-state index contributed by atoms with van der Waals surface area (Å²) in [5.74, 6) is 1.44. The van der Waals surface area contributed by atoms with Crippen LogP contribution in [0, 0.1) is 5.92 Å². The minimum atomic E-state index is 0. The molecule has 0 spiro atoms. The van der Waals surface area contributed by atoms with E-state index < -0.39 is 0 Å². The molecule has 0 aromatic carbocycles. The number of rotatable bonds is 4. The molecule has 0 saturated carbocycles. The molecule has 1 heterocycles. The lowest BCUT2D eigenvalue weighted by Crippen LogP contribution is -2.41. The second-order valence-corrected chi connectivity index (χ2v) is 4.56. The standard InChI is InChI=1S/C11H20ClN3O.HI/c1-9(12)6-14-11(13-2)15(3)7-10-4-5-16-8-10;/h10H,1,4-8H2,2-3H3,(H,13,14);1H. The predicted octanol–water partition coefficient (Wildman–Crippen LogP) is 1.90. The van der Waals surface area contributed by atoms with Crippen LogP contribution in [0.15, 0.2) is 16.6 Å². The first-order chi connectivity index (χ1) is 7.63. The van der Waals surface area contributed by atoms with Crippen LogP contribution in [0.1, 0.15) is 6.42 Å². The summed E-state index contributed by atoms with van der Waals surface area (Å²) >= 11 is 5.70. The third kappa shape index (κ3) is 6.47. The van der Waals surface area contributed by atoms with E-state index in [4.69, 9.17) is 16.3 Å². The molecule has 0 aromatic heterocycles. The van der Waals surface area contributed by atoms with Gasteiger partial charge in [0, 0.05) is 38.2 Å². The highest BCUT2D eigenvalue weighted by atomic mass is 127. The minimum Gasteiger partial charge on any atom is -0.381 e. The number of aliphatic imine (C=N–C) groups is 1. The topological polar surface area (TPSA) is 36.9 Å². The maximum Gasteiger partial charge on any atom is 0.193 e. The molecule has 1 rings (SSSR count). The van der Waals surface area contributed by atoms with Crippen molar-refractivity contribution in [3.63, 3.8) is 0 Å². The summed E-state index contributed by atoms with van der Waals surface area (Å²) in [6, 6.07) is 0.